The molecule has 3 rings (SSSR count). The number of likely N-dealkylation sites (tertiary alicyclic amines) is 1. The van der Waals surface area contributed by atoms with Gasteiger partial charge < -0.3 is 20.0 Å². The smallest absolute Gasteiger partial charge is 0.338 e. The second kappa shape index (κ2) is 10.7. The molecule has 0 spiro atoms. The highest BCUT2D eigenvalue weighted by Gasteiger charge is 2.35. The summed E-state index contributed by atoms with van der Waals surface area (Å²) in [7, 11) is 0. The summed E-state index contributed by atoms with van der Waals surface area (Å²) >= 11 is 0. The van der Waals surface area contributed by atoms with Gasteiger partial charge in [-0.1, -0.05) is 13.3 Å². The topological polar surface area (TPSA) is 55.9 Å². The number of anilines is 1. The SMILES string of the molecule is C[C@H]([C@@H](C)CN1CCCCC1)N1CCN(C(=O)Nc2ccc(F)c(C(F)(F)F)c2)CCC1=O. The van der Waals surface area contributed by atoms with Crippen molar-refractivity contribution in [1.82, 2.24) is 14.7 Å². The first-order valence-electron chi connectivity index (χ1n) is 11.5. The van der Waals surface area contributed by atoms with E-state index in [9.17, 15) is 27.2 Å². The highest BCUT2D eigenvalue weighted by molar-refractivity contribution is 5.90. The molecule has 1 aromatic rings. The predicted octanol–water partition coefficient (Wildman–Crippen LogP) is 4.42. The third-order valence-corrected chi connectivity index (χ3v) is 6.65. The van der Waals surface area contributed by atoms with Crippen molar-refractivity contribution in [3.05, 3.63) is 29.6 Å². The maximum absolute atomic E-state index is 13.5. The summed E-state index contributed by atoms with van der Waals surface area (Å²) in [4.78, 5) is 31.1. The molecule has 2 aliphatic heterocycles. The second-order valence-electron chi connectivity index (χ2n) is 9.03. The first-order valence-corrected chi connectivity index (χ1v) is 11.5. The van der Waals surface area contributed by atoms with Crippen LogP contribution in [0.4, 0.5) is 28.0 Å². The van der Waals surface area contributed by atoms with Crippen molar-refractivity contribution in [2.45, 2.75) is 51.7 Å². The number of alkyl halides is 3. The minimum absolute atomic E-state index is 0.00822. The minimum atomic E-state index is -4.86. The summed E-state index contributed by atoms with van der Waals surface area (Å²) in [5.41, 5.74) is -1.58. The molecule has 0 unspecified atom stereocenters. The van der Waals surface area contributed by atoms with Crippen LogP contribution >= 0.6 is 0 Å². The Hall–Kier alpha value is -2.36. The zero-order chi connectivity index (χ0) is 24.2. The first kappa shape index (κ1) is 25.3. The average molecular weight is 473 g/mol. The summed E-state index contributed by atoms with van der Waals surface area (Å²) in [5, 5.41) is 2.40. The van der Waals surface area contributed by atoms with Gasteiger partial charge in [-0.15, -0.1) is 0 Å². The fourth-order valence-corrected chi connectivity index (χ4v) is 4.50. The molecule has 33 heavy (non-hydrogen) atoms. The number of hydrogen-bond acceptors (Lipinski definition) is 3. The maximum atomic E-state index is 13.5. The standard InChI is InChI=1S/C23H32F4N4O2/c1-16(15-29-9-4-3-5-10-29)17(2)31-13-12-30(11-8-21(31)32)22(33)28-18-6-7-20(24)19(14-18)23(25,26)27/h6-7,14,16-17H,3-5,8-13,15H2,1-2H3,(H,28,33)/t16-,17+/m0/s1. The Balaban J connectivity index is 1.59. The van der Waals surface area contributed by atoms with Crippen LogP contribution in [0.15, 0.2) is 18.2 Å². The number of benzene rings is 1. The molecular weight excluding hydrogens is 440 g/mol. The highest BCUT2D eigenvalue weighted by atomic mass is 19.4. The van der Waals surface area contributed by atoms with Crippen molar-refractivity contribution >= 4 is 17.6 Å². The number of piperidine rings is 1. The zero-order valence-electron chi connectivity index (χ0n) is 19.1. The molecule has 184 valence electrons. The Morgan fingerprint density at radius 1 is 1.06 bits per heavy atom. The molecule has 0 aromatic heterocycles. The molecule has 2 saturated heterocycles. The second-order valence-corrected chi connectivity index (χ2v) is 9.03. The highest BCUT2D eigenvalue weighted by Crippen LogP contribution is 2.33. The Morgan fingerprint density at radius 2 is 1.76 bits per heavy atom. The van der Waals surface area contributed by atoms with Gasteiger partial charge in [-0.3, -0.25) is 4.79 Å². The van der Waals surface area contributed by atoms with Crippen molar-refractivity contribution < 1.29 is 27.2 Å². The first-order chi connectivity index (χ1) is 15.6. The Morgan fingerprint density at radius 3 is 2.42 bits per heavy atom. The lowest BCUT2D eigenvalue weighted by atomic mass is 9.99. The number of nitrogens with zero attached hydrogens (tertiary/aromatic N) is 3. The predicted molar refractivity (Wildman–Crippen MR) is 117 cm³/mol. The fourth-order valence-electron chi connectivity index (χ4n) is 4.50. The summed E-state index contributed by atoms with van der Waals surface area (Å²) in [6, 6.07) is 1.74. The number of carbonyl (C=O) groups excluding carboxylic acids is 2. The van der Waals surface area contributed by atoms with E-state index in [-0.39, 0.29) is 43.1 Å². The average Bonchev–Trinajstić information content (AvgIpc) is 2.96. The zero-order valence-corrected chi connectivity index (χ0v) is 19.1. The number of halogens is 4. The molecule has 1 N–H and O–H groups in total. The van der Waals surface area contributed by atoms with E-state index in [0.717, 1.165) is 25.7 Å². The fraction of sp³-hybridized carbons (Fsp3) is 0.652. The Kier molecular flexibility index (Phi) is 8.20. The number of amides is 3. The van der Waals surface area contributed by atoms with Crippen LogP contribution in [0.2, 0.25) is 0 Å². The van der Waals surface area contributed by atoms with Crippen molar-refractivity contribution in [2.75, 3.05) is 44.6 Å². The molecule has 0 bridgehead atoms. The third-order valence-electron chi connectivity index (χ3n) is 6.65. The molecule has 2 fully saturated rings. The van der Waals surface area contributed by atoms with Gasteiger partial charge in [0.25, 0.3) is 0 Å². The molecule has 2 atom stereocenters. The van der Waals surface area contributed by atoms with Crippen LogP contribution in [0.1, 0.15) is 45.1 Å². The van der Waals surface area contributed by atoms with E-state index in [2.05, 4.69) is 17.1 Å². The number of urea groups is 1. The van der Waals surface area contributed by atoms with Gasteiger partial charge >= 0.3 is 12.2 Å². The van der Waals surface area contributed by atoms with Crippen LogP contribution in [-0.4, -0.2) is 71.9 Å². The summed E-state index contributed by atoms with van der Waals surface area (Å²) in [6.07, 6.45) is -1.05. The van der Waals surface area contributed by atoms with Gasteiger partial charge in [-0.2, -0.15) is 13.2 Å². The van der Waals surface area contributed by atoms with E-state index < -0.39 is 23.6 Å². The third kappa shape index (κ3) is 6.59. The van der Waals surface area contributed by atoms with Crippen molar-refractivity contribution in [1.29, 1.82) is 0 Å². The Labute approximate surface area is 191 Å². The molecule has 3 amide bonds. The largest absolute Gasteiger partial charge is 0.419 e. The number of hydrogen-bond donors (Lipinski definition) is 1. The lowest BCUT2D eigenvalue weighted by molar-refractivity contribution is -0.140. The molecule has 1 aromatic carbocycles. The van der Waals surface area contributed by atoms with Gasteiger partial charge in [0, 0.05) is 44.3 Å². The van der Waals surface area contributed by atoms with E-state index in [1.54, 1.807) is 0 Å². The molecule has 0 saturated carbocycles. The molecule has 2 aliphatic rings. The minimum Gasteiger partial charge on any atom is -0.338 e. The number of rotatable bonds is 5. The van der Waals surface area contributed by atoms with Gasteiger partial charge in [0.1, 0.15) is 5.82 Å². The van der Waals surface area contributed by atoms with Crippen molar-refractivity contribution in [3.8, 4) is 0 Å². The molecule has 0 radical (unpaired) electrons. The van der Waals surface area contributed by atoms with Gasteiger partial charge in [0.15, 0.2) is 0 Å². The summed E-state index contributed by atoms with van der Waals surface area (Å²) in [6.45, 7) is 8.04. The van der Waals surface area contributed by atoms with E-state index in [1.165, 1.54) is 24.2 Å². The van der Waals surface area contributed by atoms with Crippen LogP contribution < -0.4 is 5.32 Å². The van der Waals surface area contributed by atoms with Gasteiger partial charge in [0.05, 0.1) is 5.56 Å². The van der Waals surface area contributed by atoms with Crippen LogP contribution in [0.5, 0.6) is 0 Å². The molecule has 2 heterocycles. The van der Waals surface area contributed by atoms with Crippen LogP contribution in [0.3, 0.4) is 0 Å². The molecule has 6 nitrogen and oxygen atoms in total. The van der Waals surface area contributed by atoms with Crippen LogP contribution in [-0.2, 0) is 11.0 Å². The lowest BCUT2D eigenvalue weighted by Gasteiger charge is -2.36. The van der Waals surface area contributed by atoms with Crippen molar-refractivity contribution in [3.63, 3.8) is 0 Å². The summed E-state index contributed by atoms with van der Waals surface area (Å²) < 4.78 is 52.3. The van der Waals surface area contributed by atoms with Crippen LogP contribution in [0.25, 0.3) is 0 Å². The lowest BCUT2D eigenvalue weighted by Crippen LogP contribution is -2.47. The monoisotopic (exact) mass is 472 g/mol. The van der Waals surface area contributed by atoms with Gasteiger partial charge in [0.2, 0.25) is 5.91 Å². The van der Waals surface area contributed by atoms with Crippen molar-refractivity contribution in [2.24, 2.45) is 5.92 Å². The molecule has 0 aliphatic carbocycles. The quantitative estimate of drug-likeness (QED) is 0.646. The summed E-state index contributed by atoms with van der Waals surface area (Å²) in [5.74, 6) is -1.17. The van der Waals surface area contributed by atoms with Crippen LogP contribution in [0, 0.1) is 11.7 Å². The number of nitrogens with one attached hydrogen (secondary N) is 1. The maximum Gasteiger partial charge on any atom is 0.419 e. The Bertz CT molecular complexity index is 842. The van der Waals surface area contributed by atoms with E-state index in [4.69, 9.17) is 0 Å². The molecular formula is C23H32F4N4O2. The normalized spacial score (nSPS) is 20.4. The van der Waals surface area contributed by atoms with E-state index in [1.807, 2.05) is 11.8 Å². The van der Waals surface area contributed by atoms with E-state index in [0.29, 0.717) is 18.7 Å². The number of carbonyl (C=O) groups is 2. The van der Waals surface area contributed by atoms with E-state index >= 15 is 0 Å². The van der Waals surface area contributed by atoms with Gasteiger partial charge in [-0.25, -0.2) is 9.18 Å². The van der Waals surface area contributed by atoms with Gasteiger partial charge in [-0.05, 0) is 57.0 Å². The molecule has 10 heteroatoms.